The van der Waals surface area contributed by atoms with E-state index in [1.165, 1.54) is 30.2 Å². The maximum Gasteiger partial charge on any atom is 0.573 e. The molecule has 1 aromatic carbocycles. The summed E-state index contributed by atoms with van der Waals surface area (Å²) in [5.74, 6) is 0.00575. The van der Waals surface area contributed by atoms with Gasteiger partial charge in [-0.25, -0.2) is 19.9 Å². The van der Waals surface area contributed by atoms with Crippen molar-refractivity contribution in [2.45, 2.75) is 42.2 Å². The minimum absolute atomic E-state index is 0.269. The molecule has 4 rings (SSSR count). The number of nitrogen functional groups attached to an aromatic ring is 1. The van der Waals surface area contributed by atoms with Gasteiger partial charge in [-0.3, -0.25) is 0 Å². The highest BCUT2D eigenvalue weighted by Gasteiger charge is 2.32. The van der Waals surface area contributed by atoms with E-state index in [2.05, 4.69) is 31.6 Å². The molecule has 2 N–H and O–H groups in total. The molecule has 0 spiro atoms. The van der Waals surface area contributed by atoms with Crippen molar-refractivity contribution < 1.29 is 17.9 Å². The topological polar surface area (TPSA) is 91.7 Å². The zero-order chi connectivity index (χ0) is 20.6. The number of unbranched alkanes of at least 4 members (excludes halogenated alkanes) is 1. The van der Waals surface area contributed by atoms with Gasteiger partial charge in [-0.1, -0.05) is 19.4 Å². The lowest BCUT2D eigenvalue weighted by atomic mass is 10.3. The molecule has 0 saturated heterocycles. The van der Waals surface area contributed by atoms with Gasteiger partial charge in [0.1, 0.15) is 12.1 Å². The molecule has 3 aromatic heterocycles. The van der Waals surface area contributed by atoms with Crippen LogP contribution in [0.25, 0.3) is 21.4 Å². The van der Waals surface area contributed by atoms with Gasteiger partial charge < -0.3 is 15.0 Å². The molecular weight excluding hydrogens is 425 g/mol. The van der Waals surface area contributed by atoms with Gasteiger partial charge in [-0.15, -0.1) is 24.5 Å². The molecule has 3 heterocycles. The Morgan fingerprint density at radius 2 is 2.07 bits per heavy atom. The SMILES string of the molecule is CCCCn1c(Sc2nc3cccc(OC(F)(F)F)c3s2)nc2c(N)ncnc21. The van der Waals surface area contributed by atoms with Crippen molar-refractivity contribution in [3.63, 3.8) is 0 Å². The average molecular weight is 440 g/mol. The number of nitrogens with zero attached hydrogens (tertiary/aromatic N) is 5. The summed E-state index contributed by atoms with van der Waals surface area (Å²) in [5.41, 5.74) is 7.47. The van der Waals surface area contributed by atoms with E-state index in [-0.39, 0.29) is 11.6 Å². The summed E-state index contributed by atoms with van der Waals surface area (Å²) in [6.07, 6.45) is -1.50. The van der Waals surface area contributed by atoms with Crippen LogP contribution < -0.4 is 10.5 Å². The van der Waals surface area contributed by atoms with Gasteiger partial charge in [0.05, 0.1) is 10.2 Å². The van der Waals surface area contributed by atoms with Crippen LogP contribution in [-0.4, -0.2) is 30.9 Å². The summed E-state index contributed by atoms with van der Waals surface area (Å²) < 4.78 is 44.9. The van der Waals surface area contributed by atoms with Crippen molar-refractivity contribution >= 4 is 50.3 Å². The van der Waals surface area contributed by atoms with Crippen LogP contribution in [0.2, 0.25) is 0 Å². The zero-order valence-electron chi connectivity index (χ0n) is 15.1. The second-order valence-electron chi connectivity index (χ2n) is 6.06. The molecule has 7 nitrogen and oxygen atoms in total. The van der Waals surface area contributed by atoms with E-state index in [9.17, 15) is 13.2 Å². The highest BCUT2D eigenvalue weighted by Crippen LogP contribution is 2.40. The Bertz CT molecular complexity index is 1170. The number of imidazole rings is 1. The quantitative estimate of drug-likeness (QED) is 0.457. The van der Waals surface area contributed by atoms with E-state index < -0.39 is 6.36 Å². The van der Waals surface area contributed by atoms with Gasteiger partial charge in [0.2, 0.25) is 0 Å². The van der Waals surface area contributed by atoms with Crippen LogP contribution in [-0.2, 0) is 6.54 Å². The van der Waals surface area contributed by atoms with Crippen molar-refractivity contribution in [2.24, 2.45) is 0 Å². The van der Waals surface area contributed by atoms with Gasteiger partial charge in [0.25, 0.3) is 0 Å². The Kier molecular flexibility index (Phi) is 5.21. The fourth-order valence-electron chi connectivity index (χ4n) is 2.76. The molecule has 0 fully saturated rings. The van der Waals surface area contributed by atoms with Crippen LogP contribution in [0, 0.1) is 0 Å². The largest absolute Gasteiger partial charge is 0.573 e. The first-order valence-corrected chi connectivity index (χ1v) is 10.3. The van der Waals surface area contributed by atoms with Crippen LogP contribution in [0.3, 0.4) is 0 Å². The number of rotatable bonds is 6. The van der Waals surface area contributed by atoms with Crippen LogP contribution in [0.4, 0.5) is 19.0 Å². The molecule has 0 aliphatic heterocycles. The van der Waals surface area contributed by atoms with Crippen molar-refractivity contribution in [3.8, 4) is 5.75 Å². The fraction of sp³-hybridized carbons (Fsp3) is 0.294. The summed E-state index contributed by atoms with van der Waals surface area (Å²) in [4.78, 5) is 17.2. The monoisotopic (exact) mass is 440 g/mol. The van der Waals surface area contributed by atoms with Crippen LogP contribution >= 0.6 is 23.1 Å². The maximum atomic E-state index is 12.7. The first-order chi connectivity index (χ1) is 13.9. The Hall–Kier alpha value is -2.60. The van der Waals surface area contributed by atoms with Crippen LogP contribution in [0.5, 0.6) is 5.75 Å². The van der Waals surface area contributed by atoms with E-state index in [0.29, 0.717) is 37.4 Å². The third-order valence-electron chi connectivity index (χ3n) is 4.02. The molecule has 0 aliphatic rings. The molecule has 0 saturated carbocycles. The normalized spacial score (nSPS) is 12.1. The zero-order valence-corrected chi connectivity index (χ0v) is 16.7. The molecule has 29 heavy (non-hydrogen) atoms. The Morgan fingerprint density at radius 1 is 1.24 bits per heavy atom. The predicted octanol–water partition coefficient (Wildman–Crippen LogP) is 4.87. The maximum absolute atomic E-state index is 12.7. The van der Waals surface area contributed by atoms with Gasteiger partial charge in [0.15, 0.2) is 26.5 Å². The fourth-order valence-corrected chi connectivity index (χ4v) is 4.87. The summed E-state index contributed by atoms with van der Waals surface area (Å²) in [6.45, 7) is 2.75. The molecule has 0 radical (unpaired) electrons. The third kappa shape index (κ3) is 4.08. The molecule has 0 unspecified atom stereocenters. The highest BCUT2D eigenvalue weighted by atomic mass is 32.2. The van der Waals surface area contributed by atoms with Gasteiger partial charge in [-0.2, -0.15) is 0 Å². The number of anilines is 1. The standard InChI is InChI=1S/C17H15F3N6OS2/c1-2-3-7-26-14-11(13(21)22-8-23-14)25-15(26)29-16-24-9-5-4-6-10(12(9)28-16)27-17(18,19)20/h4-6,8H,2-3,7H2,1H3,(H2,21,22,23). The number of thiazole rings is 1. The lowest BCUT2D eigenvalue weighted by Gasteiger charge is -2.08. The van der Waals surface area contributed by atoms with E-state index in [4.69, 9.17) is 5.73 Å². The molecule has 0 atom stereocenters. The third-order valence-corrected chi connectivity index (χ3v) is 6.16. The van der Waals surface area contributed by atoms with Crippen molar-refractivity contribution in [3.05, 3.63) is 24.5 Å². The molecule has 152 valence electrons. The van der Waals surface area contributed by atoms with Gasteiger partial charge in [0, 0.05) is 6.54 Å². The van der Waals surface area contributed by atoms with E-state index in [1.54, 1.807) is 6.07 Å². The molecule has 0 aliphatic carbocycles. The first-order valence-electron chi connectivity index (χ1n) is 8.65. The number of aryl methyl sites for hydroxylation is 1. The van der Waals surface area contributed by atoms with E-state index in [0.717, 1.165) is 24.2 Å². The molecule has 4 aromatic rings. The second kappa shape index (κ2) is 7.67. The van der Waals surface area contributed by atoms with Crippen molar-refractivity contribution in [1.82, 2.24) is 24.5 Å². The van der Waals surface area contributed by atoms with E-state index >= 15 is 0 Å². The smallest absolute Gasteiger partial charge is 0.404 e. The number of ether oxygens (including phenoxy) is 1. The summed E-state index contributed by atoms with van der Waals surface area (Å²) >= 11 is 2.36. The molecule has 0 amide bonds. The van der Waals surface area contributed by atoms with Crippen molar-refractivity contribution in [2.75, 3.05) is 5.73 Å². The summed E-state index contributed by atoms with van der Waals surface area (Å²) in [5, 5.41) is 0.609. The van der Waals surface area contributed by atoms with Gasteiger partial charge >= 0.3 is 6.36 Å². The number of benzene rings is 1. The van der Waals surface area contributed by atoms with Gasteiger partial charge in [-0.05, 0) is 30.3 Å². The minimum atomic E-state index is -4.77. The van der Waals surface area contributed by atoms with Crippen LogP contribution in [0.15, 0.2) is 34.0 Å². The Morgan fingerprint density at radius 3 is 2.83 bits per heavy atom. The van der Waals surface area contributed by atoms with Crippen LogP contribution in [0.1, 0.15) is 19.8 Å². The van der Waals surface area contributed by atoms with E-state index in [1.807, 2.05) is 4.57 Å². The lowest BCUT2D eigenvalue weighted by Crippen LogP contribution is -2.17. The number of halogens is 3. The Labute approximate surface area is 171 Å². The second-order valence-corrected chi connectivity index (χ2v) is 8.28. The van der Waals surface area contributed by atoms with Crippen molar-refractivity contribution in [1.29, 1.82) is 0 Å². The highest BCUT2D eigenvalue weighted by molar-refractivity contribution is 8.01. The number of hydrogen-bond acceptors (Lipinski definition) is 8. The molecule has 0 bridgehead atoms. The summed E-state index contributed by atoms with van der Waals surface area (Å²) in [6, 6.07) is 4.39. The Balaban J connectivity index is 1.74. The minimum Gasteiger partial charge on any atom is -0.404 e. The molecule has 12 heteroatoms. The summed E-state index contributed by atoms with van der Waals surface area (Å²) in [7, 11) is 0. The lowest BCUT2D eigenvalue weighted by molar-refractivity contribution is -0.274. The average Bonchev–Trinajstić information content (AvgIpc) is 3.21. The first kappa shape index (κ1) is 19.7. The number of aromatic nitrogens is 5. The number of hydrogen-bond donors (Lipinski definition) is 1. The number of nitrogens with two attached hydrogens (primary N) is 1. The number of fused-ring (bicyclic) bond motifs is 2. The number of alkyl halides is 3. The molecular formula is C17H15F3N6OS2. The predicted molar refractivity (Wildman–Crippen MR) is 105 cm³/mol.